The normalized spacial score (nSPS) is 12.6. The Kier molecular flexibility index (Phi) is 7.09. The lowest BCUT2D eigenvalue weighted by molar-refractivity contribution is -0.113. The first-order valence-electron chi connectivity index (χ1n) is 9.66. The minimum Gasteiger partial charge on any atom is -0.507 e. The van der Waals surface area contributed by atoms with E-state index < -0.39 is 23.5 Å². The van der Waals surface area contributed by atoms with Crippen molar-refractivity contribution < 1.29 is 14.7 Å². The molecule has 0 saturated carbocycles. The maximum Gasteiger partial charge on any atom is 0.275 e. The topological polar surface area (TPSA) is 126 Å². The molecule has 0 aromatic heterocycles. The van der Waals surface area contributed by atoms with Crippen molar-refractivity contribution in [3.05, 3.63) is 102 Å². The largest absolute Gasteiger partial charge is 0.507 e. The Balaban J connectivity index is 2.03. The van der Waals surface area contributed by atoms with E-state index in [2.05, 4.69) is 10.5 Å². The highest BCUT2D eigenvalue weighted by Gasteiger charge is 2.32. The fraction of sp³-hybridized carbons (Fsp3) is 0.0800. The van der Waals surface area contributed by atoms with E-state index in [9.17, 15) is 25.2 Å². The highest BCUT2D eigenvalue weighted by molar-refractivity contribution is 6.45. The molecule has 3 aromatic rings. The molecule has 0 saturated heterocycles. The van der Waals surface area contributed by atoms with Crippen LogP contribution in [0.2, 0.25) is 0 Å². The maximum absolute atomic E-state index is 13.4. The van der Waals surface area contributed by atoms with Gasteiger partial charge in [0.05, 0.1) is 17.7 Å². The number of carbonyl (C=O) groups is 2. The number of nitriles is 2. The Morgan fingerprint density at radius 1 is 0.781 bits per heavy atom. The van der Waals surface area contributed by atoms with E-state index in [0.29, 0.717) is 11.1 Å². The van der Waals surface area contributed by atoms with E-state index in [4.69, 9.17) is 0 Å². The van der Waals surface area contributed by atoms with Crippen LogP contribution in [0.25, 0.3) is 0 Å². The quantitative estimate of drug-likeness (QED) is 0.444. The average Bonchev–Trinajstić information content (AvgIpc) is 2.83. The minimum absolute atomic E-state index is 0.0452. The van der Waals surface area contributed by atoms with Crippen molar-refractivity contribution in [2.24, 2.45) is 5.10 Å². The van der Waals surface area contributed by atoms with Crippen LogP contribution in [-0.4, -0.2) is 22.5 Å². The second-order valence-corrected chi connectivity index (χ2v) is 6.76. The molecule has 0 radical (unpaired) electrons. The van der Waals surface area contributed by atoms with Gasteiger partial charge in [0.1, 0.15) is 23.3 Å². The predicted octanol–water partition coefficient (Wildman–Crippen LogP) is 3.66. The number of benzene rings is 3. The fourth-order valence-electron chi connectivity index (χ4n) is 3.12. The molecule has 0 aliphatic heterocycles. The van der Waals surface area contributed by atoms with E-state index in [1.54, 1.807) is 72.8 Å². The van der Waals surface area contributed by atoms with Crippen LogP contribution in [0.15, 0.2) is 90.0 Å². The monoisotopic (exact) mass is 422 g/mol. The summed E-state index contributed by atoms with van der Waals surface area (Å²) < 4.78 is 0. The molecule has 0 fully saturated rings. The van der Waals surface area contributed by atoms with Crippen molar-refractivity contribution in [3.63, 3.8) is 0 Å². The molecule has 3 rings (SSSR count). The number of carbonyl (C=O) groups excluding carboxylic acids is 2. The van der Waals surface area contributed by atoms with Crippen LogP contribution in [-0.2, 0) is 4.79 Å². The third kappa shape index (κ3) is 4.86. The number of para-hydroxylation sites is 1. The second kappa shape index (κ2) is 10.3. The van der Waals surface area contributed by atoms with Crippen LogP contribution in [0.5, 0.6) is 5.75 Å². The SMILES string of the molecule is N#C[C@H](C(=O)/C(=N\NC(=O)c1ccccc1O)[C@@H](C#N)c1ccccc1)c1ccccc1. The van der Waals surface area contributed by atoms with Gasteiger partial charge in [0, 0.05) is 0 Å². The average molecular weight is 422 g/mol. The van der Waals surface area contributed by atoms with Gasteiger partial charge in [-0.25, -0.2) is 5.43 Å². The predicted molar refractivity (Wildman–Crippen MR) is 118 cm³/mol. The standard InChI is InChI=1S/C25H18N4O3/c26-15-20(17-9-3-1-4-10-17)23(24(31)21(16-27)18-11-5-2-6-12-18)28-29-25(32)19-13-7-8-14-22(19)30/h1-14,20-21,30H,(H,29,32)/b28-23-/t20-,21-/m0/s1. The van der Waals surface area contributed by atoms with E-state index in [-0.39, 0.29) is 17.0 Å². The number of nitrogens with one attached hydrogen (secondary N) is 1. The zero-order chi connectivity index (χ0) is 22.9. The van der Waals surface area contributed by atoms with Gasteiger partial charge < -0.3 is 5.11 Å². The number of Topliss-reactive ketones (excluding diaryl/α,β-unsaturated/α-hetero) is 1. The number of hydrogen-bond acceptors (Lipinski definition) is 6. The van der Waals surface area contributed by atoms with Crippen molar-refractivity contribution in [1.82, 2.24) is 5.43 Å². The lowest BCUT2D eigenvalue weighted by Crippen LogP contribution is -2.30. The first-order chi connectivity index (χ1) is 15.6. The molecule has 156 valence electrons. The molecular weight excluding hydrogens is 404 g/mol. The Labute approximate surface area is 184 Å². The minimum atomic E-state index is -1.21. The molecule has 0 unspecified atom stereocenters. The van der Waals surface area contributed by atoms with Crippen LogP contribution >= 0.6 is 0 Å². The van der Waals surface area contributed by atoms with Gasteiger partial charge in [-0.1, -0.05) is 72.8 Å². The summed E-state index contributed by atoms with van der Waals surface area (Å²) in [5, 5.41) is 33.4. The summed E-state index contributed by atoms with van der Waals surface area (Å²) in [6.07, 6.45) is 0. The summed E-state index contributed by atoms with van der Waals surface area (Å²) in [7, 11) is 0. The van der Waals surface area contributed by atoms with Crippen molar-refractivity contribution >= 4 is 17.4 Å². The zero-order valence-electron chi connectivity index (χ0n) is 16.8. The molecule has 2 N–H and O–H groups in total. The number of ketones is 1. The number of amides is 1. The highest BCUT2D eigenvalue weighted by Crippen LogP contribution is 2.24. The Morgan fingerprint density at radius 3 is 1.81 bits per heavy atom. The Hall–Kier alpha value is -4.75. The lowest BCUT2D eigenvalue weighted by atomic mass is 9.86. The van der Waals surface area contributed by atoms with Gasteiger partial charge in [-0.2, -0.15) is 15.6 Å². The smallest absolute Gasteiger partial charge is 0.275 e. The van der Waals surface area contributed by atoms with Gasteiger partial charge in [-0.15, -0.1) is 0 Å². The summed E-state index contributed by atoms with van der Waals surface area (Å²) in [6, 6.07) is 26.8. The van der Waals surface area contributed by atoms with E-state index >= 15 is 0 Å². The first kappa shape index (κ1) is 21.9. The summed E-state index contributed by atoms with van der Waals surface area (Å²) in [5.41, 5.74) is 2.86. The van der Waals surface area contributed by atoms with Gasteiger partial charge in [0.25, 0.3) is 5.91 Å². The van der Waals surface area contributed by atoms with Crippen LogP contribution in [0, 0.1) is 22.7 Å². The number of phenols is 1. The first-order valence-corrected chi connectivity index (χ1v) is 9.66. The molecule has 0 spiro atoms. The molecule has 0 aliphatic carbocycles. The number of phenolic OH excluding ortho intramolecular Hbond substituents is 1. The van der Waals surface area contributed by atoms with E-state index in [1.165, 1.54) is 12.1 Å². The molecule has 7 nitrogen and oxygen atoms in total. The molecule has 0 aliphatic rings. The fourth-order valence-corrected chi connectivity index (χ4v) is 3.12. The van der Waals surface area contributed by atoms with Crippen LogP contribution < -0.4 is 5.43 Å². The van der Waals surface area contributed by atoms with Gasteiger partial charge in [-0.3, -0.25) is 9.59 Å². The van der Waals surface area contributed by atoms with Gasteiger partial charge >= 0.3 is 0 Å². The van der Waals surface area contributed by atoms with Crippen molar-refractivity contribution in [2.45, 2.75) is 11.8 Å². The molecule has 2 atom stereocenters. The van der Waals surface area contributed by atoms with E-state index in [0.717, 1.165) is 0 Å². The number of hydrogen-bond donors (Lipinski definition) is 2. The zero-order valence-corrected chi connectivity index (χ0v) is 16.8. The molecule has 0 bridgehead atoms. The number of rotatable bonds is 7. The third-order valence-corrected chi connectivity index (χ3v) is 4.74. The van der Waals surface area contributed by atoms with Crippen LogP contribution in [0.3, 0.4) is 0 Å². The molecule has 3 aromatic carbocycles. The summed E-state index contributed by atoms with van der Waals surface area (Å²) in [5.74, 6) is -4.05. The summed E-state index contributed by atoms with van der Waals surface area (Å²) in [4.78, 5) is 25.9. The number of aromatic hydroxyl groups is 1. The summed E-state index contributed by atoms with van der Waals surface area (Å²) >= 11 is 0. The molecule has 1 amide bonds. The molecule has 7 heteroatoms. The molecule has 32 heavy (non-hydrogen) atoms. The van der Waals surface area contributed by atoms with Gasteiger partial charge in [-0.05, 0) is 23.3 Å². The Morgan fingerprint density at radius 2 is 1.28 bits per heavy atom. The van der Waals surface area contributed by atoms with Crippen LogP contribution in [0.4, 0.5) is 0 Å². The van der Waals surface area contributed by atoms with Gasteiger partial charge in [0.15, 0.2) is 0 Å². The van der Waals surface area contributed by atoms with Gasteiger partial charge in [0.2, 0.25) is 5.78 Å². The third-order valence-electron chi connectivity index (χ3n) is 4.74. The van der Waals surface area contributed by atoms with Crippen molar-refractivity contribution in [2.75, 3.05) is 0 Å². The lowest BCUT2D eigenvalue weighted by Gasteiger charge is -2.15. The second-order valence-electron chi connectivity index (χ2n) is 6.76. The maximum atomic E-state index is 13.4. The van der Waals surface area contributed by atoms with Crippen LogP contribution in [0.1, 0.15) is 33.3 Å². The molecular formula is C25H18N4O3. The molecule has 0 heterocycles. The van der Waals surface area contributed by atoms with Crippen molar-refractivity contribution in [1.29, 1.82) is 10.5 Å². The Bertz CT molecular complexity index is 1230. The summed E-state index contributed by atoms with van der Waals surface area (Å²) in [6.45, 7) is 0. The highest BCUT2D eigenvalue weighted by atomic mass is 16.3. The van der Waals surface area contributed by atoms with E-state index in [1.807, 2.05) is 12.1 Å². The van der Waals surface area contributed by atoms with Crippen molar-refractivity contribution in [3.8, 4) is 17.9 Å². The number of hydrazone groups is 1. The number of nitrogens with zero attached hydrogens (tertiary/aromatic N) is 3.